The quantitative estimate of drug-likeness (QED) is 0.155. The summed E-state index contributed by atoms with van der Waals surface area (Å²) in [6.07, 6.45) is 2.35. The van der Waals surface area contributed by atoms with Gasteiger partial charge in [0.25, 0.3) is 11.8 Å². The lowest BCUT2D eigenvalue weighted by Crippen LogP contribution is -2.54. The topological polar surface area (TPSA) is 105 Å². The average Bonchev–Trinajstić information content (AvgIpc) is 2.90. The second-order valence-electron chi connectivity index (χ2n) is 8.30. The van der Waals surface area contributed by atoms with Crippen molar-refractivity contribution >= 4 is 69.5 Å². The fraction of sp³-hybridized carbons (Fsp3) is 0.143. The molecule has 10 heteroatoms. The number of nitrogens with zero attached hydrogens (tertiary/aromatic N) is 1. The molecule has 0 spiro atoms. The fourth-order valence-corrected chi connectivity index (χ4v) is 4.86. The lowest BCUT2D eigenvalue weighted by Gasteiger charge is -2.29. The number of rotatable bonds is 8. The molecule has 1 saturated heterocycles. The minimum atomic E-state index is -0.997. The van der Waals surface area contributed by atoms with Crippen molar-refractivity contribution < 1.29 is 29.0 Å². The lowest BCUT2D eigenvalue weighted by molar-refractivity contribution is -0.122. The molecule has 3 aromatic rings. The number of methoxy groups -OCH3 is 1. The first-order valence-corrected chi connectivity index (χ1v) is 13.0. The van der Waals surface area contributed by atoms with Crippen LogP contribution in [0.4, 0.5) is 5.69 Å². The number of aryl methyl sites for hydroxylation is 1. The van der Waals surface area contributed by atoms with E-state index in [1.807, 2.05) is 19.1 Å². The molecule has 1 heterocycles. The van der Waals surface area contributed by atoms with Gasteiger partial charge in [0.15, 0.2) is 16.6 Å². The van der Waals surface area contributed by atoms with Gasteiger partial charge in [-0.25, -0.2) is 4.79 Å². The highest BCUT2D eigenvalue weighted by Crippen LogP contribution is 2.35. The molecule has 8 nitrogen and oxygen atoms in total. The predicted molar refractivity (Wildman–Crippen MR) is 155 cm³/mol. The van der Waals surface area contributed by atoms with Gasteiger partial charge >= 0.3 is 5.97 Å². The Morgan fingerprint density at radius 1 is 1.08 bits per heavy atom. The molecular weight excluding hydrogens is 619 g/mol. The van der Waals surface area contributed by atoms with Crippen LogP contribution in [0.3, 0.4) is 0 Å². The molecule has 194 valence electrons. The van der Waals surface area contributed by atoms with E-state index in [9.17, 15) is 14.4 Å². The molecule has 0 atom stereocenters. The minimum Gasteiger partial charge on any atom is -0.493 e. The zero-order chi connectivity index (χ0) is 27.4. The molecule has 0 saturated carbocycles. The van der Waals surface area contributed by atoms with Gasteiger partial charge in [0.2, 0.25) is 0 Å². The molecule has 4 rings (SSSR count). The van der Waals surface area contributed by atoms with E-state index >= 15 is 0 Å². The van der Waals surface area contributed by atoms with Crippen molar-refractivity contribution in [3.05, 3.63) is 92.1 Å². The number of amides is 2. The van der Waals surface area contributed by atoms with Crippen LogP contribution in [0.15, 0.2) is 66.2 Å². The third-order valence-corrected chi connectivity index (χ3v) is 6.94. The zero-order valence-corrected chi connectivity index (χ0v) is 23.5. The van der Waals surface area contributed by atoms with Crippen LogP contribution in [-0.4, -0.2) is 35.1 Å². The number of halogens is 1. The average molecular weight is 642 g/mol. The molecule has 0 bridgehead atoms. The lowest BCUT2D eigenvalue weighted by atomic mass is 10.1. The molecule has 1 aliphatic heterocycles. The molecule has 0 aliphatic carbocycles. The van der Waals surface area contributed by atoms with Crippen LogP contribution in [0, 0.1) is 3.57 Å². The van der Waals surface area contributed by atoms with E-state index in [-0.39, 0.29) is 22.9 Å². The van der Waals surface area contributed by atoms with Gasteiger partial charge in [-0.3, -0.25) is 19.8 Å². The number of carboxylic acid groups (broad SMARTS) is 1. The summed E-state index contributed by atoms with van der Waals surface area (Å²) < 4.78 is 12.2. The smallest absolute Gasteiger partial charge is 0.335 e. The number of nitrogens with one attached hydrogen (secondary N) is 1. The first kappa shape index (κ1) is 27.3. The highest BCUT2D eigenvalue weighted by atomic mass is 127. The van der Waals surface area contributed by atoms with Crippen molar-refractivity contribution in [2.45, 2.75) is 20.0 Å². The van der Waals surface area contributed by atoms with Gasteiger partial charge in [0, 0.05) is 0 Å². The Bertz CT molecular complexity index is 1450. The van der Waals surface area contributed by atoms with E-state index < -0.39 is 17.8 Å². The Balaban J connectivity index is 1.59. The molecule has 0 aromatic heterocycles. The Morgan fingerprint density at radius 2 is 1.74 bits per heavy atom. The van der Waals surface area contributed by atoms with Crippen LogP contribution in [0.5, 0.6) is 11.5 Å². The maximum Gasteiger partial charge on any atom is 0.335 e. The highest BCUT2D eigenvalue weighted by molar-refractivity contribution is 14.1. The zero-order valence-electron chi connectivity index (χ0n) is 20.5. The third kappa shape index (κ3) is 5.86. The van der Waals surface area contributed by atoms with Crippen LogP contribution in [0.1, 0.15) is 34.0 Å². The summed E-state index contributed by atoms with van der Waals surface area (Å²) >= 11 is 7.38. The first-order valence-electron chi connectivity index (χ1n) is 11.5. The summed E-state index contributed by atoms with van der Waals surface area (Å²) in [6.45, 7) is 2.23. The van der Waals surface area contributed by atoms with Crippen molar-refractivity contribution in [2.75, 3.05) is 12.0 Å². The summed E-state index contributed by atoms with van der Waals surface area (Å²) in [5.41, 5.74) is 3.16. The summed E-state index contributed by atoms with van der Waals surface area (Å²) in [5, 5.41) is 11.7. The first-order chi connectivity index (χ1) is 18.2. The number of hydrogen-bond acceptors (Lipinski definition) is 6. The molecule has 1 fully saturated rings. The van der Waals surface area contributed by atoms with Crippen LogP contribution < -0.4 is 19.7 Å². The molecule has 0 radical (unpaired) electrons. The van der Waals surface area contributed by atoms with Gasteiger partial charge in [-0.05, 0) is 100 Å². The van der Waals surface area contributed by atoms with Crippen molar-refractivity contribution in [1.29, 1.82) is 0 Å². The van der Waals surface area contributed by atoms with Crippen LogP contribution in [0.25, 0.3) is 6.08 Å². The standard InChI is InChI=1S/C28H23IN2O6S/c1-3-16-6-10-20(11-7-16)31-26(33)21(25(32)30-28(31)38)12-18-13-22(29)24(23(14-18)36-2)37-15-17-4-8-19(9-5-17)27(34)35/h4-14H,3,15H2,1-2H3,(H,34,35)(H,30,32,38)/b21-12+. The maximum atomic E-state index is 13.4. The van der Waals surface area contributed by atoms with E-state index in [2.05, 4.69) is 27.9 Å². The number of anilines is 1. The number of hydrogen-bond donors (Lipinski definition) is 2. The van der Waals surface area contributed by atoms with Gasteiger partial charge in [0.05, 0.1) is 21.9 Å². The van der Waals surface area contributed by atoms with Crippen molar-refractivity contribution in [3.63, 3.8) is 0 Å². The number of ether oxygens (including phenoxy) is 2. The number of carboxylic acids is 1. The maximum absolute atomic E-state index is 13.4. The van der Waals surface area contributed by atoms with E-state index in [0.717, 1.165) is 17.5 Å². The van der Waals surface area contributed by atoms with Crippen molar-refractivity contribution in [1.82, 2.24) is 5.32 Å². The van der Waals surface area contributed by atoms with Gasteiger partial charge in [-0.2, -0.15) is 0 Å². The highest BCUT2D eigenvalue weighted by Gasteiger charge is 2.34. The van der Waals surface area contributed by atoms with Gasteiger partial charge < -0.3 is 14.6 Å². The Labute approximate surface area is 238 Å². The van der Waals surface area contributed by atoms with Crippen LogP contribution >= 0.6 is 34.8 Å². The molecular formula is C28H23IN2O6S. The Morgan fingerprint density at radius 3 is 2.34 bits per heavy atom. The second kappa shape index (κ2) is 11.7. The largest absolute Gasteiger partial charge is 0.493 e. The molecule has 0 unspecified atom stereocenters. The summed E-state index contributed by atoms with van der Waals surface area (Å²) in [4.78, 5) is 38.4. The molecule has 3 aromatic carbocycles. The van der Waals surface area contributed by atoms with Crippen molar-refractivity contribution in [3.8, 4) is 11.5 Å². The number of aromatic carboxylic acids is 1. The Hall–Kier alpha value is -3.77. The summed E-state index contributed by atoms with van der Waals surface area (Å²) in [6, 6.07) is 17.3. The number of carbonyl (C=O) groups excluding carboxylic acids is 2. The van der Waals surface area contributed by atoms with Crippen molar-refractivity contribution in [2.24, 2.45) is 0 Å². The molecule has 1 aliphatic rings. The number of benzene rings is 3. The van der Waals surface area contributed by atoms with E-state index in [1.54, 1.807) is 36.4 Å². The van der Waals surface area contributed by atoms with E-state index in [1.165, 1.54) is 30.2 Å². The van der Waals surface area contributed by atoms with Crippen LogP contribution in [-0.2, 0) is 22.6 Å². The third-order valence-electron chi connectivity index (χ3n) is 5.85. The number of carbonyl (C=O) groups is 3. The molecule has 38 heavy (non-hydrogen) atoms. The predicted octanol–water partition coefficient (Wildman–Crippen LogP) is 4.97. The normalized spacial score (nSPS) is 14.4. The monoisotopic (exact) mass is 642 g/mol. The van der Waals surface area contributed by atoms with E-state index in [0.29, 0.717) is 26.3 Å². The van der Waals surface area contributed by atoms with Gasteiger partial charge in [-0.1, -0.05) is 31.2 Å². The SMILES string of the molecule is CCc1ccc(N2C(=O)/C(=C/c3cc(I)c(OCc4ccc(C(=O)O)cc4)c(OC)c3)C(=O)NC2=S)cc1. The fourth-order valence-electron chi connectivity index (χ4n) is 3.80. The molecule has 2 amide bonds. The minimum absolute atomic E-state index is 0.0219. The Kier molecular flexibility index (Phi) is 8.42. The second-order valence-corrected chi connectivity index (χ2v) is 9.85. The summed E-state index contributed by atoms with van der Waals surface area (Å²) in [5.74, 6) is -1.21. The summed E-state index contributed by atoms with van der Waals surface area (Å²) in [7, 11) is 1.50. The van der Waals surface area contributed by atoms with E-state index in [4.69, 9.17) is 26.8 Å². The van der Waals surface area contributed by atoms with Crippen LogP contribution in [0.2, 0.25) is 0 Å². The number of thiocarbonyl (C=S) groups is 1. The van der Waals surface area contributed by atoms with Gasteiger partial charge in [-0.15, -0.1) is 0 Å². The molecule has 2 N–H and O–H groups in total. The van der Waals surface area contributed by atoms with Gasteiger partial charge in [0.1, 0.15) is 12.2 Å².